The normalized spacial score (nSPS) is 24.2. The maximum atomic E-state index is 9.67. The molecule has 0 unspecified atom stereocenters. The molecular weight excluding hydrogens is 232 g/mol. The second-order valence-electron chi connectivity index (χ2n) is 6.59. The van der Waals surface area contributed by atoms with E-state index >= 15 is 0 Å². The number of benzene rings is 1. The first kappa shape index (κ1) is 12.5. The molecule has 2 fully saturated rings. The molecule has 1 aromatic carbocycles. The lowest BCUT2D eigenvalue weighted by Crippen LogP contribution is -2.48. The Morgan fingerprint density at radius 1 is 1.05 bits per heavy atom. The average Bonchev–Trinajstić information content (AvgIpc) is 2.62. The zero-order chi connectivity index (χ0) is 13.3. The van der Waals surface area contributed by atoms with Crippen LogP contribution in [-0.2, 0) is 5.41 Å². The molecule has 2 aliphatic rings. The maximum Gasteiger partial charge on any atom is 0.0833 e. The molecule has 2 aliphatic carbocycles. The van der Waals surface area contributed by atoms with Crippen molar-refractivity contribution >= 4 is 5.69 Å². The van der Waals surface area contributed by atoms with Crippen LogP contribution in [0.4, 0.5) is 5.69 Å². The molecule has 0 bridgehead atoms. The Bertz CT molecular complexity index is 496. The van der Waals surface area contributed by atoms with Crippen LogP contribution < -0.4 is 5.73 Å². The maximum absolute atomic E-state index is 9.67. The van der Waals surface area contributed by atoms with Gasteiger partial charge in [-0.15, -0.1) is 0 Å². The van der Waals surface area contributed by atoms with Crippen molar-refractivity contribution in [2.45, 2.75) is 56.8 Å². The summed E-state index contributed by atoms with van der Waals surface area (Å²) in [6.07, 6.45) is 10.2. The minimum absolute atomic E-state index is 0.264. The number of nitrogen functional groups attached to an aromatic ring is 1. The molecule has 0 amide bonds. The standard InChI is InChI=1S/C17H22N2/c18-13-17(14-6-5-7-15(19)10-14)11-16(12-17)8-3-1-2-4-9-16/h5-7,10H,1-4,8-9,11-12,19H2. The molecule has 100 valence electrons. The summed E-state index contributed by atoms with van der Waals surface area (Å²) in [4.78, 5) is 0. The smallest absolute Gasteiger partial charge is 0.0833 e. The van der Waals surface area contributed by atoms with Gasteiger partial charge in [0.05, 0.1) is 11.5 Å². The fraction of sp³-hybridized carbons (Fsp3) is 0.588. The number of nitrogens with zero attached hydrogens (tertiary/aromatic N) is 1. The lowest BCUT2D eigenvalue weighted by molar-refractivity contribution is 0.0398. The van der Waals surface area contributed by atoms with Gasteiger partial charge in [-0.1, -0.05) is 37.8 Å². The van der Waals surface area contributed by atoms with Gasteiger partial charge >= 0.3 is 0 Å². The first-order valence-corrected chi connectivity index (χ1v) is 7.45. The highest BCUT2D eigenvalue weighted by molar-refractivity contribution is 5.47. The van der Waals surface area contributed by atoms with Gasteiger partial charge in [-0.3, -0.25) is 0 Å². The van der Waals surface area contributed by atoms with Crippen molar-refractivity contribution in [3.8, 4) is 6.07 Å². The quantitative estimate of drug-likeness (QED) is 0.765. The van der Waals surface area contributed by atoms with Gasteiger partial charge in [0, 0.05) is 5.69 Å². The predicted octanol–water partition coefficient (Wildman–Crippen LogP) is 4.16. The zero-order valence-electron chi connectivity index (χ0n) is 11.5. The van der Waals surface area contributed by atoms with Crippen molar-refractivity contribution < 1.29 is 0 Å². The van der Waals surface area contributed by atoms with Gasteiger partial charge in [0.15, 0.2) is 0 Å². The van der Waals surface area contributed by atoms with E-state index in [1.54, 1.807) is 0 Å². The average molecular weight is 254 g/mol. The van der Waals surface area contributed by atoms with Crippen molar-refractivity contribution in [3.63, 3.8) is 0 Å². The number of hydrogen-bond acceptors (Lipinski definition) is 2. The molecule has 2 heteroatoms. The summed E-state index contributed by atoms with van der Waals surface area (Å²) in [7, 11) is 0. The molecule has 0 aliphatic heterocycles. The minimum atomic E-state index is -0.264. The van der Waals surface area contributed by atoms with Gasteiger partial charge in [-0.25, -0.2) is 0 Å². The molecule has 0 saturated heterocycles. The number of hydrogen-bond donors (Lipinski definition) is 1. The Labute approximate surface area is 115 Å². The first-order chi connectivity index (χ1) is 9.18. The Balaban J connectivity index is 1.83. The van der Waals surface area contributed by atoms with Gasteiger partial charge in [0.25, 0.3) is 0 Å². The third-order valence-corrected chi connectivity index (χ3v) is 5.17. The zero-order valence-corrected chi connectivity index (χ0v) is 11.5. The Morgan fingerprint density at radius 3 is 2.32 bits per heavy atom. The van der Waals surface area contributed by atoms with E-state index in [2.05, 4.69) is 12.1 Å². The molecule has 0 atom stereocenters. The monoisotopic (exact) mass is 254 g/mol. The van der Waals surface area contributed by atoms with Gasteiger partial charge in [-0.05, 0) is 48.8 Å². The third kappa shape index (κ3) is 2.12. The van der Waals surface area contributed by atoms with Crippen molar-refractivity contribution in [2.24, 2.45) is 5.41 Å². The highest BCUT2D eigenvalue weighted by Crippen LogP contribution is 2.61. The first-order valence-electron chi connectivity index (χ1n) is 7.45. The fourth-order valence-corrected chi connectivity index (χ4v) is 4.24. The highest BCUT2D eigenvalue weighted by atomic mass is 14.6. The molecule has 0 aromatic heterocycles. The van der Waals surface area contributed by atoms with Crippen LogP contribution in [-0.4, -0.2) is 0 Å². The number of nitriles is 1. The number of nitrogens with two attached hydrogens (primary N) is 1. The van der Waals surface area contributed by atoms with Crippen molar-refractivity contribution in [2.75, 3.05) is 5.73 Å². The minimum Gasteiger partial charge on any atom is -0.399 e. The summed E-state index contributed by atoms with van der Waals surface area (Å²) in [6.45, 7) is 0. The molecule has 2 saturated carbocycles. The van der Waals surface area contributed by atoms with Gasteiger partial charge in [0.2, 0.25) is 0 Å². The largest absolute Gasteiger partial charge is 0.399 e. The van der Waals surface area contributed by atoms with Crippen molar-refractivity contribution in [1.82, 2.24) is 0 Å². The molecule has 1 spiro atoms. The summed E-state index contributed by atoms with van der Waals surface area (Å²) in [5.41, 5.74) is 7.97. The van der Waals surface area contributed by atoms with Crippen molar-refractivity contribution in [1.29, 1.82) is 5.26 Å². The van der Waals surface area contributed by atoms with Gasteiger partial charge in [0.1, 0.15) is 0 Å². The van der Waals surface area contributed by atoms with E-state index in [1.807, 2.05) is 18.2 Å². The van der Waals surface area contributed by atoms with Crippen LogP contribution in [0, 0.1) is 16.7 Å². The summed E-state index contributed by atoms with van der Waals surface area (Å²) in [6, 6.07) is 10.5. The molecule has 3 rings (SSSR count). The summed E-state index contributed by atoms with van der Waals surface area (Å²) in [5, 5.41) is 9.67. The van der Waals surface area contributed by atoms with Crippen LogP contribution in [0.15, 0.2) is 24.3 Å². The second-order valence-corrected chi connectivity index (χ2v) is 6.59. The fourth-order valence-electron chi connectivity index (χ4n) is 4.24. The van der Waals surface area contributed by atoms with Crippen LogP contribution in [0.25, 0.3) is 0 Å². The van der Waals surface area contributed by atoms with E-state index in [-0.39, 0.29) is 5.41 Å². The van der Waals surface area contributed by atoms with Crippen molar-refractivity contribution in [3.05, 3.63) is 29.8 Å². The summed E-state index contributed by atoms with van der Waals surface area (Å²) in [5.74, 6) is 0. The molecule has 0 radical (unpaired) electrons. The lowest BCUT2D eigenvalue weighted by atomic mass is 9.48. The highest BCUT2D eigenvalue weighted by Gasteiger charge is 2.55. The van der Waals surface area contributed by atoms with Crippen LogP contribution in [0.2, 0.25) is 0 Å². The van der Waals surface area contributed by atoms with Gasteiger partial charge < -0.3 is 5.73 Å². The van der Waals surface area contributed by atoms with E-state index in [1.165, 1.54) is 38.5 Å². The van der Waals surface area contributed by atoms with Gasteiger partial charge in [-0.2, -0.15) is 5.26 Å². The van der Waals surface area contributed by atoms with E-state index < -0.39 is 0 Å². The lowest BCUT2D eigenvalue weighted by Gasteiger charge is -2.53. The Kier molecular flexibility index (Phi) is 3.01. The predicted molar refractivity (Wildman–Crippen MR) is 77.5 cm³/mol. The van der Waals surface area contributed by atoms with E-state index in [9.17, 15) is 5.26 Å². The molecule has 1 aromatic rings. The molecular formula is C17H22N2. The molecule has 0 heterocycles. The second kappa shape index (κ2) is 4.56. The molecule has 19 heavy (non-hydrogen) atoms. The number of anilines is 1. The molecule has 2 N–H and O–H groups in total. The summed E-state index contributed by atoms with van der Waals surface area (Å²) >= 11 is 0. The third-order valence-electron chi connectivity index (χ3n) is 5.17. The van der Waals surface area contributed by atoms with Crippen LogP contribution in [0.5, 0.6) is 0 Å². The SMILES string of the molecule is N#CC1(c2cccc(N)c2)CC2(CCCCCC2)C1. The van der Waals surface area contributed by atoms with Crippen LogP contribution in [0.1, 0.15) is 56.9 Å². The topological polar surface area (TPSA) is 49.8 Å². The Morgan fingerprint density at radius 2 is 1.74 bits per heavy atom. The number of rotatable bonds is 1. The van der Waals surface area contributed by atoms with Crippen LogP contribution in [0.3, 0.4) is 0 Å². The van der Waals surface area contributed by atoms with E-state index in [0.717, 1.165) is 24.1 Å². The molecule has 2 nitrogen and oxygen atoms in total. The summed E-state index contributed by atoms with van der Waals surface area (Å²) < 4.78 is 0. The van der Waals surface area contributed by atoms with E-state index in [0.29, 0.717) is 5.41 Å². The van der Waals surface area contributed by atoms with Crippen LogP contribution >= 0.6 is 0 Å². The van der Waals surface area contributed by atoms with E-state index in [4.69, 9.17) is 5.73 Å². The Hall–Kier alpha value is -1.49.